The Bertz CT molecular complexity index is 980. The Labute approximate surface area is 178 Å². The van der Waals surface area contributed by atoms with Crippen LogP contribution in [0.5, 0.6) is 11.5 Å². The van der Waals surface area contributed by atoms with Crippen molar-refractivity contribution in [2.45, 2.75) is 27.7 Å². The summed E-state index contributed by atoms with van der Waals surface area (Å²) in [5, 5.41) is 3.04. The number of fused-ring (bicyclic) bond motifs is 1. The number of amides is 2. The molecule has 1 aromatic heterocycles. The fraction of sp³-hybridized carbons (Fsp3) is 0.381. The molecule has 9 heteroatoms. The molecule has 0 aliphatic carbocycles. The van der Waals surface area contributed by atoms with E-state index in [0.29, 0.717) is 40.6 Å². The van der Waals surface area contributed by atoms with Crippen LogP contribution in [0.15, 0.2) is 18.2 Å². The lowest BCUT2D eigenvalue weighted by Crippen LogP contribution is -2.30. The van der Waals surface area contributed by atoms with Gasteiger partial charge >= 0.3 is 5.97 Å². The van der Waals surface area contributed by atoms with Gasteiger partial charge in [-0.25, -0.2) is 4.79 Å². The minimum atomic E-state index is -0.578. The smallest absolute Gasteiger partial charge is 0.341 e. The molecule has 2 aromatic rings. The summed E-state index contributed by atoms with van der Waals surface area (Å²) in [6.07, 6.45) is 0. The molecular weight excluding hydrogens is 408 g/mol. The predicted octanol–water partition coefficient (Wildman–Crippen LogP) is 3.70. The zero-order valence-corrected chi connectivity index (χ0v) is 18.2. The van der Waals surface area contributed by atoms with E-state index in [9.17, 15) is 14.4 Å². The quantitative estimate of drug-likeness (QED) is 0.671. The van der Waals surface area contributed by atoms with Crippen molar-refractivity contribution in [3.8, 4) is 11.5 Å². The maximum absolute atomic E-state index is 12.9. The maximum atomic E-state index is 12.9. The first-order valence-electron chi connectivity index (χ1n) is 9.71. The molecule has 1 aliphatic rings. The summed E-state index contributed by atoms with van der Waals surface area (Å²) in [6.45, 7) is 8.54. The van der Waals surface area contributed by atoms with Crippen molar-refractivity contribution in [3.05, 3.63) is 39.8 Å². The highest BCUT2D eigenvalue weighted by molar-refractivity contribution is 7.18. The first-order chi connectivity index (χ1) is 14.4. The first kappa shape index (κ1) is 21.6. The second kappa shape index (κ2) is 9.17. The fourth-order valence-electron chi connectivity index (χ4n) is 3.12. The summed E-state index contributed by atoms with van der Waals surface area (Å²) < 4.78 is 15.7. The van der Waals surface area contributed by atoms with Gasteiger partial charge < -0.3 is 24.4 Å². The predicted molar refractivity (Wildman–Crippen MR) is 113 cm³/mol. The van der Waals surface area contributed by atoms with Gasteiger partial charge in [-0.2, -0.15) is 0 Å². The van der Waals surface area contributed by atoms with Crippen LogP contribution in [0.25, 0.3) is 0 Å². The fourth-order valence-corrected chi connectivity index (χ4v) is 4.28. The zero-order valence-electron chi connectivity index (χ0n) is 17.4. The van der Waals surface area contributed by atoms with E-state index in [0.717, 1.165) is 11.3 Å². The summed E-state index contributed by atoms with van der Waals surface area (Å²) in [7, 11) is 0. The number of benzene rings is 1. The van der Waals surface area contributed by atoms with Crippen LogP contribution >= 0.6 is 11.3 Å². The molecule has 1 N–H and O–H groups in total. The van der Waals surface area contributed by atoms with Crippen molar-refractivity contribution < 1.29 is 28.6 Å². The Kier molecular flexibility index (Phi) is 6.61. The molecule has 0 fully saturated rings. The Morgan fingerprint density at radius 3 is 2.50 bits per heavy atom. The molecule has 160 valence electrons. The van der Waals surface area contributed by atoms with Crippen LogP contribution < -0.4 is 14.8 Å². The molecule has 0 saturated carbocycles. The highest BCUT2D eigenvalue weighted by Crippen LogP contribution is 2.36. The van der Waals surface area contributed by atoms with E-state index in [1.165, 1.54) is 0 Å². The van der Waals surface area contributed by atoms with Crippen LogP contribution in [0.3, 0.4) is 0 Å². The lowest BCUT2D eigenvalue weighted by Gasteiger charge is -2.18. The van der Waals surface area contributed by atoms with Gasteiger partial charge in [-0.1, -0.05) is 0 Å². The summed E-state index contributed by atoms with van der Waals surface area (Å²) in [4.78, 5) is 40.4. The van der Waals surface area contributed by atoms with Crippen LogP contribution in [0.2, 0.25) is 0 Å². The molecule has 8 nitrogen and oxygen atoms in total. The molecule has 0 saturated heterocycles. The van der Waals surface area contributed by atoms with Crippen LogP contribution in [0.4, 0.5) is 5.00 Å². The lowest BCUT2D eigenvalue weighted by molar-refractivity contribution is 0.0527. The Morgan fingerprint density at radius 2 is 1.83 bits per heavy atom. The van der Waals surface area contributed by atoms with Crippen molar-refractivity contribution >= 4 is 34.1 Å². The third kappa shape index (κ3) is 4.11. The number of rotatable bonds is 7. The lowest BCUT2D eigenvalue weighted by atomic mass is 10.1. The molecule has 0 bridgehead atoms. The topological polar surface area (TPSA) is 94.2 Å². The van der Waals surface area contributed by atoms with Gasteiger partial charge in [0.1, 0.15) is 5.00 Å². The molecule has 0 atom stereocenters. The number of nitrogens with one attached hydrogen (secondary N) is 1. The van der Waals surface area contributed by atoms with Gasteiger partial charge in [0.15, 0.2) is 11.5 Å². The van der Waals surface area contributed by atoms with E-state index in [1.807, 2.05) is 13.8 Å². The number of esters is 1. The number of anilines is 1. The van der Waals surface area contributed by atoms with Crippen molar-refractivity contribution in [1.29, 1.82) is 0 Å². The SMILES string of the molecule is CCOC(=O)c1c(NC(=O)c2ccc3c(c2)OCO3)sc(C(=O)N(CC)CC)c1C. The molecular formula is C21H24N2O6S. The van der Waals surface area contributed by atoms with Crippen molar-refractivity contribution in [3.63, 3.8) is 0 Å². The van der Waals surface area contributed by atoms with Crippen molar-refractivity contribution in [1.82, 2.24) is 4.90 Å². The van der Waals surface area contributed by atoms with E-state index in [2.05, 4.69) is 5.32 Å². The number of carbonyl (C=O) groups is 3. The van der Waals surface area contributed by atoms with E-state index >= 15 is 0 Å². The van der Waals surface area contributed by atoms with Gasteiger partial charge in [-0.15, -0.1) is 11.3 Å². The molecule has 30 heavy (non-hydrogen) atoms. The first-order valence-corrected chi connectivity index (χ1v) is 10.5. The van der Waals surface area contributed by atoms with Crippen LogP contribution in [-0.4, -0.2) is 49.2 Å². The number of ether oxygens (including phenoxy) is 3. The van der Waals surface area contributed by atoms with Gasteiger partial charge in [0.25, 0.3) is 11.8 Å². The van der Waals surface area contributed by atoms with Gasteiger partial charge in [0.05, 0.1) is 17.0 Å². The number of thiophene rings is 1. The molecule has 0 unspecified atom stereocenters. The van der Waals surface area contributed by atoms with E-state index < -0.39 is 11.9 Å². The summed E-state index contributed by atoms with van der Waals surface area (Å²) in [6, 6.07) is 4.83. The molecule has 2 heterocycles. The normalized spacial score (nSPS) is 11.9. The second-order valence-electron chi connectivity index (χ2n) is 6.48. The number of hydrogen-bond donors (Lipinski definition) is 1. The minimum absolute atomic E-state index is 0.106. The summed E-state index contributed by atoms with van der Waals surface area (Å²) >= 11 is 1.08. The third-order valence-electron chi connectivity index (χ3n) is 4.73. The Balaban J connectivity index is 1.95. The zero-order chi connectivity index (χ0) is 21.8. The van der Waals surface area contributed by atoms with Crippen LogP contribution in [-0.2, 0) is 4.74 Å². The molecule has 0 spiro atoms. The second-order valence-corrected chi connectivity index (χ2v) is 7.50. The van der Waals surface area contributed by atoms with Crippen molar-refractivity contribution in [2.75, 3.05) is 31.8 Å². The summed E-state index contributed by atoms with van der Waals surface area (Å²) in [5.41, 5.74) is 1.04. The Morgan fingerprint density at radius 1 is 1.13 bits per heavy atom. The highest BCUT2D eigenvalue weighted by Gasteiger charge is 2.28. The average Bonchev–Trinajstić information content (AvgIpc) is 3.32. The summed E-state index contributed by atoms with van der Waals surface area (Å²) in [5.74, 6) is -0.143. The molecule has 0 radical (unpaired) electrons. The van der Waals surface area contributed by atoms with Gasteiger partial charge in [0.2, 0.25) is 6.79 Å². The number of carbonyl (C=O) groups excluding carboxylic acids is 3. The van der Waals surface area contributed by atoms with Gasteiger partial charge in [-0.05, 0) is 51.5 Å². The number of hydrogen-bond acceptors (Lipinski definition) is 7. The van der Waals surface area contributed by atoms with Gasteiger partial charge in [0, 0.05) is 18.7 Å². The highest BCUT2D eigenvalue weighted by atomic mass is 32.1. The molecule has 1 aliphatic heterocycles. The minimum Gasteiger partial charge on any atom is -0.462 e. The monoisotopic (exact) mass is 432 g/mol. The molecule has 3 rings (SSSR count). The van der Waals surface area contributed by atoms with Gasteiger partial charge in [-0.3, -0.25) is 9.59 Å². The van der Waals surface area contributed by atoms with E-state index in [4.69, 9.17) is 14.2 Å². The van der Waals surface area contributed by atoms with E-state index in [1.54, 1.807) is 36.9 Å². The van der Waals surface area contributed by atoms with Crippen LogP contribution in [0.1, 0.15) is 56.7 Å². The largest absolute Gasteiger partial charge is 0.462 e. The maximum Gasteiger partial charge on any atom is 0.341 e. The Hall–Kier alpha value is -3.07. The standard InChI is InChI=1S/C21H24N2O6S/c1-5-23(6-2)20(25)17-12(4)16(21(26)27-7-3)19(30-17)22-18(24)13-8-9-14-15(10-13)29-11-28-14/h8-10H,5-7,11H2,1-4H3,(H,22,24). The molecule has 2 amide bonds. The average molecular weight is 432 g/mol. The van der Waals surface area contributed by atoms with E-state index in [-0.39, 0.29) is 29.9 Å². The van der Waals surface area contributed by atoms with Crippen molar-refractivity contribution in [2.24, 2.45) is 0 Å². The third-order valence-corrected chi connectivity index (χ3v) is 5.93. The molecule has 1 aromatic carbocycles. The number of nitrogens with zero attached hydrogens (tertiary/aromatic N) is 1. The van der Waals surface area contributed by atoms with Crippen LogP contribution in [0, 0.1) is 6.92 Å².